The van der Waals surface area contributed by atoms with Crippen LogP contribution >= 0.6 is 0 Å². The van der Waals surface area contributed by atoms with E-state index in [0.717, 1.165) is 6.08 Å². The average molecular weight is 215 g/mol. The minimum atomic E-state index is -0.542. The number of carbonyl (C=O) groups excluding carboxylic acids is 2. The van der Waals surface area contributed by atoms with E-state index in [0.29, 0.717) is 13.1 Å². The third kappa shape index (κ3) is 5.05. The van der Waals surface area contributed by atoms with Gasteiger partial charge in [0.2, 0.25) is 0 Å². The molecule has 0 aliphatic rings. The van der Waals surface area contributed by atoms with Crippen molar-refractivity contribution in [1.29, 1.82) is 0 Å². The normalized spacial score (nSPS) is 10.8. The Balaban J connectivity index is 4.28. The number of esters is 1. The highest BCUT2D eigenvalue weighted by molar-refractivity contribution is 5.82. The Labute approximate surface area is 89.6 Å². The van der Waals surface area contributed by atoms with E-state index < -0.39 is 12.1 Å². The Hall–Kier alpha value is -1.52. The maximum absolute atomic E-state index is 11.4. The highest BCUT2D eigenvalue weighted by Crippen LogP contribution is 2.01. The van der Waals surface area contributed by atoms with Crippen LogP contribution < -0.4 is 0 Å². The van der Waals surface area contributed by atoms with Gasteiger partial charge in [-0.3, -0.25) is 0 Å². The second-order valence-electron chi connectivity index (χ2n) is 2.82. The summed E-state index contributed by atoms with van der Waals surface area (Å²) < 4.78 is 9.31. The number of ether oxygens (including phenoxy) is 2. The molecule has 0 fully saturated rings. The summed E-state index contributed by atoms with van der Waals surface area (Å²) in [6.45, 7) is 6.37. The van der Waals surface area contributed by atoms with Gasteiger partial charge in [0, 0.05) is 13.1 Å². The second-order valence-corrected chi connectivity index (χ2v) is 2.82. The van der Waals surface area contributed by atoms with Crippen LogP contribution in [-0.2, 0) is 14.3 Å². The van der Waals surface area contributed by atoms with E-state index in [-0.39, 0.29) is 5.76 Å². The van der Waals surface area contributed by atoms with Crippen LogP contribution in [0.5, 0.6) is 0 Å². The molecule has 5 heteroatoms. The van der Waals surface area contributed by atoms with E-state index in [9.17, 15) is 9.59 Å². The molecule has 0 saturated heterocycles. The predicted molar refractivity (Wildman–Crippen MR) is 55.2 cm³/mol. The van der Waals surface area contributed by atoms with Gasteiger partial charge in [0.15, 0.2) is 0 Å². The van der Waals surface area contributed by atoms with E-state index in [2.05, 4.69) is 4.74 Å². The Morgan fingerprint density at radius 2 is 1.80 bits per heavy atom. The summed E-state index contributed by atoms with van der Waals surface area (Å²) in [5.41, 5.74) is 0. The van der Waals surface area contributed by atoms with Crippen LogP contribution in [0.4, 0.5) is 4.79 Å². The van der Waals surface area contributed by atoms with Crippen LogP contribution in [0.25, 0.3) is 0 Å². The Morgan fingerprint density at radius 1 is 1.27 bits per heavy atom. The van der Waals surface area contributed by atoms with Crippen molar-refractivity contribution >= 4 is 12.1 Å². The molecule has 0 heterocycles. The first-order valence-corrected chi connectivity index (χ1v) is 4.78. The molecule has 0 aromatic carbocycles. The van der Waals surface area contributed by atoms with Gasteiger partial charge in [0.05, 0.1) is 13.2 Å². The molecule has 86 valence electrons. The lowest BCUT2D eigenvalue weighted by Crippen LogP contribution is -2.30. The van der Waals surface area contributed by atoms with Gasteiger partial charge in [-0.15, -0.1) is 0 Å². The van der Waals surface area contributed by atoms with Crippen LogP contribution in [0.3, 0.4) is 0 Å². The summed E-state index contributed by atoms with van der Waals surface area (Å²) in [4.78, 5) is 23.7. The van der Waals surface area contributed by atoms with Crippen LogP contribution in [0, 0.1) is 0 Å². The zero-order chi connectivity index (χ0) is 11.8. The average Bonchev–Trinajstić information content (AvgIpc) is 2.19. The van der Waals surface area contributed by atoms with Crippen LogP contribution in [0.1, 0.15) is 20.8 Å². The molecule has 0 aromatic heterocycles. The fraction of sp³-hybridized carbons (Fsp3) is 0.600. The predicted octanol–water partition coefficient (Wildman–Crippen LogP) is 1.54. The molecule has 0 unspecified atom stereocenters. The lowest BCUT2D eigenvalue weighted by molar-refractivity contribution is -0.135. The minimum absolute atomic E-state index is 0.221. The number of methoxy groups -OCH3 is 1. The van der Waals surface area contributed by atoms with Crippen molar-refractivity contribution in [2.75, 3.05) is 20.2 Å². The second kappa shape index (κ2) is 6.86. The van der Waals surface area contributed by atoms with Crippen molar-refractivity contribution in [3.05, 3.63) is 11.8 Å². The number of hydrogen-bond acceptors (Lipinski definition) is 4. The fourth-order valence-electron chi connectivity index (χ4n) is 0.938. The van der Waals surface area contributed by atoms with Crippen LogP contribution in [-0.4, -0.2) is 37.2 Å². The van der Waals surface area contributed by atoms with Gasteiger partial charge in [-0.2, -0.15) is 0 Å². The van der Waals surface area contributed by atoms with E-state index in [1.54, 1.807) is 0 Å². The van der Waals surface area contributed by atoms with Gasteiger partial charge < -0.3 is 14.4 Å². The molecular weight excluding hydrogens is 198 g/mol. The standard InChI is InChI=1S/C10H17NO4/c1-5-11(6-2)10(13)15-8(3)7-9(12)14-4/h7H,5-6H2,1-4H3/b8-7+. The van der Waals surface area contributed by atoms with Gasteiger partial charge in [-0.1, -0.05) is 0 Å². The molecule has 15 heavy (non-hydrogen) atoms. The number of amides is 1. The first kappa shape index (κ1) is 13.5. The largest absolute Gasteiger partial charge is 0.466 e. The minimum Gasteiger partial charge on any atom is -0.466 e. The SMILES string of the molecule is CCN(CC)C(=O)O/C(C)=C/C(=O)OC. The summed E-state index contributed by atoms with van der Waals surface area (Å²) in [6.07, 6.45) is 0.666. The molecule has 0 aromatic rings. The molecule has 0 radical (unpaired) electrons. The lowest BCUT2D eigenvalue weighted by atomic mass is 10.5. The van der Waals surface area contributed by atoms with Gasteiger partial charge in [-0.25, -0.2) is 9.59 Å². The van der Waals surface area contributed by atoms with Gasteiger partial charge in [0.25, 0.3) is 0 Å². The summed E-state index contributed by atoms with van der Waals surface area (Å²) in [5, 5.41) is 0. The molecule has 5 nitrogen and oxygen atoms in total. The molecular formula is C10H17NO4. The summed E-state index contributed by atoms with van der Waals surface area (Å²) >= 11 is 0. The Kier molecular flexibility index (Phi) is 6.17. The van der Waals surface area contributed by atoms with Gasteiger partial charge in [-0.05, 0) is 20.8 Å². The molecule has 0 aliphatic heterocycles. The molecule has 1 amide bonds. The van der Waals surface area contributed by atoms with Crippen molar-refractivity contribution < 1.29 is 19.1 Å². The quantitative estimate of drug-likeness (QED) is 0.405. The van der Waals surface area contributed by atoms with Crippen LogP contribution in [0.15, 0.2) is 11.8 Å². The zero-order valence-corrected chi connectivity index (χ0v) is 9.57. The van der Waals surface area contributed by atoms with E-state index in [1.807, 2.05) is 13.8 Å². The lowest BCUT2D eigenvalue weighted by Gasteiger charge is -2.17. The first-order valence-electron chi connectivity index (χ1n) is 4.78. The van der Waals surface area contributed by atoms with Crippen molar-refractivity contribution in [2.24, 2.45) is 0 Å². The number of rotatable bonds is 4. The summed E-state index contributed by atoms with van der Waals surface area (Å²) in [7, 11) is 1.26. The smallest absolute Gasteiger partial charge is 0.414 e. The number of allylic oxidation sites excluding steroid dienone is 1. The van der Waals surface area contributed by atoms with E-state index in [1.165, 1.54) is 18.9 Å². The maximum atomic E-state index is 11.4. The van der Waals surface area contributed by atoms with Gasteiger partial charge >= 0.3 is 12.1 Å². The van der Waals surface area contributed by atoms with Crippen molar-refractivity contribution in [1.82, 2.24) is 4.90 Å². The number of carbonyl (C=O) groups is 2. The summed E-state index contributed by atoms with van der Waals surface area (Å²) in [5.74, 6) is -0.321. The monoisotopic (exact) mass is 215 g/mol. The number of nitrogens with zero attached hydrogens (tertiary/aromatic N) is 1. The Morgan fingerprint density at radius 3 is 2.20 bits per heavy atom. The molecule has 0 rings (SSSR count). The van der Waals surface area contributed by atoms with Crippen molar-refractivity contribution in [3.8, 4) is 0 Å². The van der Waals surface area contributed by atoms with Gasteiger partial charge in [0.1, 0.15) is 5.76 Å². The highest BCUT2D eigenvalue weighted by atomic mass is 16.6. The third-order valence-corrected chi connectivity index (χ3v) is 1.79. The molecule has 0 N–H and O–H groups in total. The molecule has 0 aliphatic carbocycles. The highest BCUT2D eigenvalue weighted by Gasteiger charge is 2.11. The zero-order valence-electron chi connectivity index (χ0n) is 9.57. The third-order valence-electron chi connectivity index (χ3n) is 1.79. The molecule has 0 spiro atoms. The van der Waals surface area contributed by atoms with Crippen molar-refractivity contribution in [3.63, 3.8) is 0 Å². The Bertz CT molecular complexity index is 256. The molecule has 0 bridgehead atoms. The fourth-order valence-corrected chi connectivity index (χ4v) is 0.938. The number of hydrogen-bond donors (Lipinski definition) is 0. The van der Waals surface area contributed by atoms with Crippen LogP contribution in [0.2, 0.25) is 0 Å². The topological polar surface area (TPSA) is 55.8 Å². The van der Waals surface area contributed by atoms with Crippen molar-refractivity contribution in [2.45, 2.75) is 20.8 Å². The van der Waals surface area contributed by atoms with E-state index >= 15 is 0 Å². The summed E-state index contributed by atoms with van der Waals surface area (Å²) in [6, 6.07) is 0. The van der Waals surface area contributed by atoms with E-state index in [4.69, 9.17) is 4.74 Å². The molecule has 0 saturated carbocycles. The maximum Gasteiger partial charge on any atom is 0.414 e. The molecule has 0 atom stereocenters. The first-order chi connectivity index (χ1) is 7.04.